The molecule has 144 valence electrons. The molecule has 3 aromatic carbocycles. The molecule has 2 aliphatic rings. The molecule has 2 aliphatic carbocycles. The molecule has 0 saturated heterocycles. The van der Waals surface area contributed by atoms with Crippen molar-refractivity contribution in [2.24, 2.45) is 0 Å². The van der Waals surface area contributed by atoms with Gasteiger partial charge < -0.3 is 0 Å². The van der Waals surface area contributed by atoms with E-state index in [0.29, 0.717) is 0 Å². The molecule has 0 saturated carbocycles. The molecule has 3 aromatic rings. The van der Waals surface area contributed by atoms with E-state index in [1.54, 1.807) is 0 Å². The van der Waals surface area contributed by atoms with Gasteiger partial charge in [-0.2, -0.15) is 0 Å². The van der Waals surface area contributed by atoms with Crippen molar-refractivity contribution >= 4 is 28.3 Å². The number of halogens is 1. The van der Waals surface area contributed by atoms with Gasteiger partial charge in [-0.1, -0.05) is 77.3 Å². The lowest BCUT2D eigenvalue weighted by Crippen LogP contribution is -1.92. The highest BCUT2D eigenvalue weighted by molar-refractivity contribution is 6.30. The number of benzene rings is 3. The minimum Gasteiger partial charge on any atom is -0.0843 e. The van der Waals surface area contributed by atoms with Crippen LogP contribution in [0.1, 0.15) is 59.1 Å². The summed E-state index contributed by atoms with van der Waals surface area (Å²) in [6.07, 6.45) is 4.73. The molecule has 0 spiro atoms. The quantitative estimate of drug-likeness (QED) is 0.409. The highest BCUT2D eigenvalue weighted by atomic mass is 35.5. The van der Waals surface area contributed by atoms with Crippen LogP contribution in [-0.4, -0.2) is 0 Å². The Balaban J connectivity index is 1.82. The third kappa shape index (κ3) is 3.26. The summed E-state index contributed by atoms with van der Waals surface area (Å²) in [7, 11) is 0. The summed E-state index contributed by atoms with van der Waals surface area (Å²) >= 11 is 6.18. The van der Waals surface area contributed by atoms with E-state index < -0.39 is 0 Å². The van der Waals surface area contributed by atoms with Crippen LogP contribution in [0.15, 0.2) is 72.3 Å². The first-order valence-corrected chi connectivity index (χ1v) is 10.9. The van der Waals surface area contributed by atoms with Gasteiger partial charge in [-0.3, -0.25) is 0 Å². The standard InChI is InChI=1S/C28H25Cl/c1-18-7-10-21(11-8-18)27-25-6-4-3-5-23(20-12-14-22(29)15-13-20)28(25)24-16-9-19(2)17-26(24)27/h7-17H,3-6H2,1-2H3. The molecule has 0 aliphatic heterocycles. The smallest absolute Gasteiger partial charge is 0.0406 e. The SMILES string of the molecule is Cc1ccc(C2=C3CCCCC(c4ccc(Cl)cc4)=C3c3ccc(C)cc32)cc1. The molecule has 0 aromatic heterocycles. The number of hydrogen-bond donors (Lipinski definition) is 0. The Bertz CT molecular complexity index is 1140. The topological polar surface area (TPSA) is 0 Å². The molecule has 0 bridgehead atoms. The van der Waals surface area contributed by atoms with Crippen molar-refractivity contribution < 1.29 is 0 Å². The molecule has 0 atom stereocenters. The number of fused-ring (bicyclic) bond motifs is 3. The average molecular weight is 397 g/mol. The maximum Gasteiger partial charge on any atom is 0.0406 e. The summed E-state index contributed by atoms with van der Waals surface area (Å²) in [6, 6.07) is 24.4. The van der Waals surface area contributed by atoms with Crippen LogP contribution in [0.5, 0.6) is 0 Å². The second-order valence-electron chi connectivity index (χ2n) is 8.34. The molecular weight excluding hydrogens is 372 g/mol. The highest BCUT2D eigenvalue weighted by Gasteiger charge is 2.31. The first-order chi connectivity index (χ1) is 14.1. The van der Waals surface area contributed by atoms with Gasteiger partial charge in [0.2, 0.25) is 0 Å². The van der Waals surface area contributed by atoms with Gasteiger partial charge in [-0.05, 0) is 96.2 Å². The third-order valence-corrected chi connectivity index (χ3v) is 6.51. The van der Waals surface area contributed by atoms with Crippen molar-refractivity contribution in [1.82, 2.24) is 0 Å². The fourth-order valence-electron chi connectivity index (χ4n) is 4.85. The van der Waals surface area contributed by atoms with Crippen molar-refractivity contribution in [3.8, 4) is 0 Å². The summed E-state index contributed by atoms with van der Waals surface area (Å²) in [4.78, 5) is 0. The fourth-order valence-corrected chi connectivity index (χ4v) is 4.97. The van der Waals surface area contributed by atoms with Gasteiger partial charge in [0, 0.05) is 5.02 Å². The van der Waals surface area contributed by atoms with Crippen molar-refractivity contribution in [2.45, 2.75) is 39.5 Å². The minimum absolute atomic E-state index is 0.798. The summed E-state index contributed by atoms with van der Waals surface area (Å²) in [5, 5.41) is 0.798. The largest absolute Gasteiger partial charge is 0.0843 e. The van der Waals surface area contributed by atoms with Crippen molar-refractivity contribution in [3.05, 3.63) is 111 Å². The van der Waals surface area contributed by atoms with E-state index in [9.17, 15) is 0 Å². The van der Waals surface area contributed by atoms with Crippen LogP contribution in [0, 0.1) is 13.8 Å². The fraction of sp³-hybridized carbons (Fsp3) is 0.214. The second kappa shape index (κ2) is 7.35. The maximum absolute atomic E-state index is 6.18. The zero-order valence-corrected chi connectivity index (χ0v) is 17.8. The van der Waals surface area contributed by atoms with Crippen LogP contribution in [0.2, 0.25) is 5.02 Å². The van der Waals surface area contributed by atoms with Crippen LogP contribution in [0.25, 0.3) is 16.7 Å². The highest BCUT2D eigenvalue weighted by Crippen LogP contribution is 2.51. The molecule has 29 heavy (non-hydrogen) atoms. The Kier molecular flexibility index (Phi) is 4.68. The maximum atomic E-state index is 6.18. The summed E-state index contributed by atoms with van der Waals surface area (Å²) in [5.74, 6) is 0. The van der Waals surface area contributed by atoms with E-state index in [1.807, 2.05) is 12.1 Å². The summed E-state index contributed by atoms with van der Waals surface area (Å²) < 4.78 is 0. The number of allylic oxidation sites excluding steroid dienone is 3. The van der Waals surface area contributed by atoms with Gasteiger partial charge >= 0.3 is 0 Å². The third-order valence-electron chi connectivity index (χ3n) is 6.26. The second-order valence-corrected chi connectivity index (χ2v) is 8.77. The average Bonchev–Trinajstić information content (AvgIpc) is 2.87. The lowest BCUT2D eigenvalue weighted by Gasteiger charge is -2.13. The molecule has 1 heteroatoms. The Morgan fingerprint density at radius 1 is 0.586 bits per heavy atom. The number of aryl methyl sites for hydroxylation is 2. The molecule has 0 amide bonds. The first-order valence-electron chi connectivity index (χ1n) is 10.5. The van der Waals surface area contributed by atoms with Crippen LogP contribution < -0.4 is 0 Å². The Hall–Kier alpha value is -2.57. The van der Waals surface area contributed by atoms with E-state index in [2.05, 4.69) is 68.4 Å². The van der Waals surface area contributed by atoms with Crippen molar-refractivity contribution in [2.75, 3.05) is 0 Å². The van der Waals surface area contributed by atoms with Crippen LogP contribution in [0.4, 0.5) is 0 Å². The van der Waals surface area contributed by atoms with Gasteiger partial charge in [0.05, 0.1) is 0 Å². The Labute approximate surface area is 178 Å². The predicted molar refractivity (Wildman–Crippen MR) is 125 cm³/mol. The van der Waals surface area contributed by atoms with Gasteiger partial charge in [-0.25, -0.2) is 0 Å². The normalized spacial score (nSPS) is 16.0. The van der Waals surface area contributed by atoms with E-state index in [1.165, 1.54) is 68.5 Å². The number of hydrogen-bond acceptors (Lipinski definition) is 0. The van der Waals surface area contributed by atoms with Crippen LogP contribution in [0.3, 0.4) is 0 Å². The Morgan fingerprint density at radius 2 is 1.21 bits per heavy atom. The summed E-state index contributed by atoms with van der Waals surface area (Å²) in [5.41, 5.74) is 14.0. The molecule has 0 nitrogen and oxygen atoms in total. The lowest BCUT2D eigenvalue weighted by molar-refractivity contribution is 0.772. The molecule has 0 unspecified atom stereocenters. The van der Waals surface area contributed by atoms with E-state index in [-0.39, 0.29) is 0 Å². The van der Waals surface area contributed by atoms with E-state index >= 15 is 0 Å². The molecule has 0 radical (unpaired) electrons. The monoisotopic (exact) mass is 396 g/mol. The predicted octanol–water partition coefficient (Wildman–Crippen LogP) is 8.26. The molecular formula is C28H25Cl. The summed E-state index contributed by atoms with van der Waals surface area (Å²) in [6.45, 7) is 4.35. The van der Waals surface area contributed by atoms with Gasteiger partial charge in [0.1, 0.15) is 0 Å². The lowest BCUT2D eigenvalue weighted by atomic mass is 9.91. The van der Waals surface area contributed by atoms with Crippen LogP contribution >= 0.6 is 11.6 Å². The van der Waals surface area contributed by atoms with Gasteiger partial charge in [0.25, 0.3) is 0 Å². The van der Waals surface area contributed by atoms with Gasteiger partial charge in [0.15, 0.2) is 0 Å². The van der Waals surface area contributed by atoms with Crippen LogP contribution in [-0.2, 0) is 0 Å². The molecule has 0 N–H and O–H groups in total. The van der Waals surface area contributed by atoms with Gasteiger partial charge in [-0.15, -0.1) is 0 Å². The van der Waals surface area contributed by atoms with E-state index in [4.69, 9.17) is 11.6 Å². The molecule has 0 heterocycles. The van der Waals surface area contributed by atoms with Crippen molar-refractivity contribution in [3.63, 3.8) is 0 Å². The zero-order chi connectivity index (χ0) is 20.0. The first kappa shape index (κ1) is 18.5. The molecule has 5 rings (SSSR count). The van der Waals surface area contributed by atoms with E-state index in [0.717, 1.165) is 17.9 Å². The zero-order valence-electron chi connectivity index (χ0n) is 17.1. The minimum atomic E-state index is 0.798. The Morgan fingerprint density at radius 3 is 1.93 bits per heavy atom. The van der Waals surface area contributed by atoms with Crippen molar-refractivity contribution in [1.29, 1.82) is 0 Å². The number of rotatable bonds is 2. The molecule has 0 fully saturated rings.